The van der Waals surface area contributed by atoms with Gasteiger partial charge in [0.2, 0.25) is 0 Å². The maximum absolute atomic E-state index is 9.35. The SMILES string of the molecule is OCC1CCCN(c2cc(-c3cccc(Br)c3)cnn2)C1. The van der Waals surface area contributed by atoms with Crippen LogP contribution >= 0.6 is 15.9 Å². The van der Waals surface area contributed by atoms with Gasteiger partial charge in [-0.15, -0.1) is 5.10 Å². The minimum atomic E-state index is 0.245. The van der Waals surface area contributed by atoms with E-state index in [2.05, 4.69) is 49.2 Å². The van der Waals surface area contributed by atoms with E-state index in [0.29, 0.717) is 5.92 Å². The summed E-state index contributed by atoms with van der Waals surface area (Å²) in [6.45, 7) is 2.08. The van der Waals surface area contributed by atoms with Gasteiger partial charge in [-0.1, -0.05) is 28.1 Å². The van der Waals surface area contributed by atoms with Crippen LogP contribution in [0.25, 0.3) is 11.1 Å². The van der Waals surface area contributed by atoms with Gasteiger partial charge in [0.15, 0.2) is 5.82 Å². The summed E-state index contributed by atoms with van der Waals surface area (Å²) in [4.78, 5) is 2.22. The Morgan fingerprint density at radius 3 is 3.00 bits per heavy atom. The van der Waals surface area contributed by atoms with Crippen molar-refractivity contribution >= 4 is 21.7 Å². The largest absolute Gasteiger partial charge is 0.396 e. The molecule has 0 saturated carbocycles. The van der Waals surface area contributed by atoms with Crippen LogP contribution in [0.4, 0.5) is 5.82 Å². The Hall–Kier alpha value is -1.46. The Morgan fingerprint density at radius 2 is 2.19 bits per heavy atom. The lowest BCUT2D eigenvalue weighted by Crippen LogP contribution is -2.37. The van der Waals surface area contributed by atoms with Crippen LogP contribution in [0.3, 0.4) is 0 Å². The van der Waals surface area contributed by atoms with E-state index in [1.165, 1.54) is 0 Å². The maximum Gasteiger partial charge on any atom is 0.151 e. The predicted octanol–water partition coefficient (Wildman–Crippen LogP) is 3.11. The minimum absolute atomic E-state index is 0.245. The van der Waals surface area contributed by atoms with E-state index in [1.807, 2.05) is 12.1 Å². The molecule has 0 bridgehead atoms. The molecule has 0 radical (unpaired) electrons. The van der Waals surface area contributed by atoms with Crippen molar-refractivity contribution in [2.45, 2.75) is 12.8 Å². The van der Waals surface area contributed by atoms with E-state index in [4.69, 9.17) is 0 Å². The highest BCUT2D eigenvalue weighted by Crippen LogP contribution is 2.26. The molecule has 110 valence electrons. The van der Waals surface area contributed by atoms with Gasteiger partial charge in [0.05, 0.1) is 6.20 Å². The molecular formula is C16H18BrN3O. The number of piperidine rings is 1. The third-order valence-electron chi connectivity index (χ3n) is 3.90. The average molecular weight is 348 g/mol. The Kier molecular flexibility index (Phi) is 4.51. The van der Waals surface area contributed by atoms with Crippen molar-refractivity contribution in [3.05, 3.63) is 41.0 Å². The number of aliphatic hydroxyl groups excluding tert-OH is 1. The van der Waals surface area contributed by atoms with Gasteiger partial charge in [0, 0.05) is 29.7 Å². The van der Waals surface area contributed by atoms with Crippen molar-refractivity contribution in [3.8, 4) is 11.1 Å². The van der Waals surface area contributed by atoms with Crippen molar-refractivity contribution in [2.75, 3.05) is 24.6 Å². The van der Waals surface area contributed by atoms with Gasteiger partial charge < -0.3 is 10.0 Å². The molecule has 1 atom stereocenters. The van der Waals surface area contributed by atoms with E-state index in [0.717, 1.165) is 47.3 Å². The van der Waals surface area contributed by atoms with Crippen LogP contribution in [-0.2, 0) is 0 Å². The Labute approximate surface area is 133 Å². The number of hydrogen-bond acceptors (Lipinski definition) is 4. The zero-order chi connectivity index (χ0) is 14.7. The molecule has 0 spiro atoms. The number of benzene rings is 1. The molecule has 2 heterocycles. The third kappa shape index (κ3) is 3.41. The molecule has 1 fully saturated rings. The van der Waals surface area contributed by atoms with Gasteiger partial charge in [0.1, 0.15) is 0 Å². The summed E-state index contributed by atoms with van der Waals surface area (Å²) < 4.78 is 1.05. The average Bonchev–Trinajstić information content (AvgIpc) is 2.55. The second-order valence-corrected chi connectivity index (χ2v) is 6.37. The number of anilines is 1. The molecule has 0 aliphatic carbocycles. The number of rotatable bonds is 3. The number of hydrogen-bond donors (Lipinski definition) is 1. The van der Waals surface area contributed by atoms with Gasteiger partial charge in [-0.2, -0.15) is 5.10 Å². The van der Waals surface area contributed by atoms with Crippen molar-refractivity contribution < 1.29 is 5.11 Å². The first-order chi connectivity index (χ1) is 10.3. The van der Waals surface area contributed by atoms with Crippen molar-refractivity contribution in [1.29, 1.82) is 0 Å². The summed E-state index contributed by atoms with van der Waals surface area (Å²) in [7, 11) is 0. The monoisotopic (exact) mass is 347 g/mol. The first-order valence-electron chi connectivity index (χ1n) is 7.21. The second kappa shape index (κ2) is 6.54. The number of aromatic nitrogens is 2. The molecule has 2 aromatic rings. The molecule has 21 heavy (non-hydrogen) atoms. The second-order valence-electron chi connectivity index (χ2n) is 5.45. The molecule has 0 amide bonds. The molecule has 3 rings (SSSR count). The highest BCUT2D eigenvalue weighted by molar-refractivity contribution is 9.10. The van der Waals surface area contributed by atoms with E-state index in [-0.39, 0.29) is 6.61 Å². The van der Waals surface area contributed by atoms with Crippen LogP contribution in [0, 0.1) is 5.92 Å². The summed E-state index contributed by atoms with van der Waals surface area (Å²) >= 11 is 3.50. The maximum atomic E-state index is 9.35. The van der Waals surface area contributed by atoms with Crippen LogP contribution in [0.15, 0.2) is 41.0 Å². The van der Waals surface area contributed by atoms with Gasteiger partial charge >= 0.3 is 0 Å². The molecule has 5 heteroatoms. The first kappa shape index (κ1) is 14.5. The lowest BCUT2D eigenvalue weighted by molar-refractivity contribution is 0.208. The number of halogens is 1. The Balaban J connectivity index is 1.86. The molecule has 1 unspecified atom stereocenters. The minimum Gasteiger partial charge on any atom is -0.396 e. The summed E-state index contributed by atoms with van der Waals surface area (Å²) in [5, 5.41) is 17.8. The molecular weight excluding hydrogens is 330 g/mol. The molecule has 1 saturated heterocycles. The Bertz CT molecular complexity index is 620. The van der Waals surface area contributed by atoms with Gasteiger partial charge in [-0.3, -0.25) is 0 Å². The number of aliphatic hydroxyl groups is 1. The summed E-state index contributed by atoms with van der Waals surface area (Å²) in [5.41, 5.74) is 2.18. The summed E-state index contributed by atoms with van der Waals surface area (Å²) in [5.74, 6) is 1.24. The van der Waals surface area contributed by atoms with Crippen LogP contribution in [0.5, 0.6) is 0 Å². The van der Waals surface area contributed by atoms with E-state index in [1.54, 1.807) is 6.20 Å². The quantitative estimate of drug-likeness (QED) is 0.926. The zero-order valence-corrected chi connectivity index (χ0v) is 13.3. The molecule has 1 aromatic carbocycles. The fraction of sp³-hybridized carbons (Fsp3) is 0.375. The molecule has 1 aliphatic heterocycles. The van der Waals surface area contributed by atoms with E-state index >= 15 is 0 Å². The van der Waals surface area contributed by atoms with Crippen molar-refractivity contribution in [2.24, 2.45) is 5.92 Å². The standard InChI is InChI=1S/C16H18BrN3O/c17-15-5-1-4-13(7-15)14-8-16(19-18-9-14)20-6-2-3-12(10-20)11-21/h1,4-5,7-9,12,21H,2-3,6,10-11H2. The van der Waals surface area contributed by atoms with E-state index < -0.39 is 0 Å². The van der Waals surface area contributed by atoms with Crippen LogP contribution in [0.2, 0.25) is 0 Å². The molecule has 1 aliphatic rings. The van der Waals surface area contributed by atoms with Crippen LogP contribution in [0.1, 0.15) is 12.8 Å². The molecule has 1 N–H and O–H groups in total. The van der Waals surface area contributed by atoms with Crippen molar-refractivity contribution in [1.82, 2.24) is 10.2 Å². The lowest BCUT2D eigenvalue weighted by atomic mass is 9.99. The van der Waals surface area contributed by atoms with Gasteiger partial charge in [-0.05, 0) is 42.5 Å². The fourth-order valence-electron chi connectivity index (χ4n) is 2.76. The highest BCUT2D eigenvalue weighted by atomic mass is 79.9. The normalized spacial score (nSPS) is 18.8. The summed E-state index contributed by atoms with van der Waals surface area (Å²) in [6.07, 6.45) is 3.97. The van der Waals surface area contributed by atoms with Crippen molar-refractivity contribution in [3.63, 3.8) is 0 Å². The third-order valence-corrected chi connectivity index (χ3v) is 4.39. The zero-order valence-electron chi connectivity index (χ0n) is 11.7. The van der Waals surface area contributed by atoms with Crippen LogP contribution in [-0.4, -0.2) is 35.0 Å². The smallest absolute Gasteiger partial charge is 0.151 e. The molecule has 4 nitrogen and oxygen atoms in total. The number of nitrogens with zero attached hydrogens (tertiary/aromatic N) is 3. The summed E-state index contributed by atoms with van der Waals surface area (Å²) in [6, 6.07) is 10.2. The van der Waals surface area contributed by atoms with Gasteiger partial charge in [0.25, 0.3) is 0 Å². The van der Waals surface area contributed by atoms with E-state index in [9.17, 15) is 5.11 Å². The fourth-order valence-corrected chi connectivity index (χ4v) is 3.16. The lowest BCUT2D eigenvalue weighted by Gasteiger charge is -2.32. The topological polar surface area (TPSA) is 49.2 Å². The highest BCUT2D eigenvalue weighted by Gasteiger charge is 2.20. The molecule has 1 aromatic heterocycles. The predicted molar refractivity (Wildman–Crippen MR) is 87.2 cm³/mol. The van der Waals surface area contributed by atoms with Crippen LogP contribution < -0.4 is 4.90 Å². The Morgan fingerprint density at radius 1 is 1.29 bits per heavy atom. The van der Waals surface area contributed by atoms with Gasteiger partial charge in [-0.25, -0.2) is 0 Å². The first-order valence-corrected chi connectivity index (χ1v) is 8.00.